The predicted octanol–water partition coefficient (Wildman–Crippen LogP) is 2.88. The average Bonchev–Trinajstić information content (AvgIpc) is 2.93. The van der Waals surface area contributed by atoms with Crippen molar-refractivity contribution in [2.75, 3.05) is 18.5 Å². The third-order valence-corrected chi connectivity index (χ3v) is 3.89. The molecule has 3 rings (SSSR count). The second-order valence-electron chi connectivity index (χ2n) is 6.83. The van der Waals surface area contributed by atoms with Gasteiger partial charge < -0.3 is 24.6 Å². The molecular weight excluding hydrogens is 350 g/mol. The molecule has 0 saturated heterocycles. The van der Waals surface area contributed by atoms with E-state index in [1.54, 1.807) is 30.3 Å². The van der Waals surface area contributed by atoms with Crippen LogP contribution in [-0.4, -0.2) is 35.8 Å². The Kier molecular flexibility index (Phi) is 5.21. The van der Waals surface area contributed by atoms with Gasteiger partial charge >= 0.3 is 5.97 Å². The minimum Gasteiger partial charge on any atom is -0.483 e. The van der Waals surface area contributed by atoms with Gasteiger partial charge in [-0.2, -0.15) is 0 Å². The molecule has 1 amide bonds. The first-order chi connectivity index (χ1) is 12.8. The van der Waals surface area contributed by atoms with Gasteiger partial charge in [0.05, 0.1) is 0 Å². The van der Waals surface area contributed by atoms with Gasteiger partial charge in [-0.3, -0.25) is 4.79 Å². The maximum absolute atomic E-state index is 12.2. The van der Waals surface area contributed by atoms with Crippen LogP contribution in [0.5, 0.6) is 17.2 Å². The fraction of sp³-hybridized carbons (Fsp3) is 0.300. The smallest absolute Gasteiger partial charge is 0.341 e. The van der Waals surface area contributed by atoms with Crippen LogP contribution >= 0.6 is 0 Å². The highest BCUT2D eigenvalue weighted by Crippen LogP contribution is 2.41. The summed E-state index contributed by atoms with van der Waals surface area (Å²) in [5.41, 5.74) is 1.25. The van der Waals surface area contributed by atoms with Crippen molar-refractivity contribution in [3.8, 4) is 17.2 Å². The van der Waals surface area contributed by atoms with E-state index in [4.69, 9.17) is 19.3 Å². The lowest BCUT2D eigenvalue weighted by Gasteiger charge is -2.18. The van der Waals surface area contributed by atoms with Gasteiger partial charge in [-0.15, -0.1) is 0 Å². The Bertz CT molecular complexity index is 861. The van der Waals surface area contributed by atoms with Crippen molar-refractivity contribution in [3.63, 3.8) is 0 Å². The van der Waals surface area contributed by atoms with Gasteiger partial charge in [0.15, 0.2) is 24.7 Å². The summed E-state index contributed by atoms with van der Waals surface area (Å²) in [6.07, 6.45) is 0.787. The SMILES string of the molecule is CC1(C)Cc2cccc(OCC(=O)Nc3cccc(OCC(=O)O)c3)c2O1. The van der Waals surface area contributed by atoms with Gasteiger partial charge in [-0.05, 0) is 32.0 Å². The van der Waals surface area contributed by atoms with Crippen molar-refractivity contribution >= 4 is 17.6 Å². The maximum atomic E-state index is 12.2. The molecule has 27 heavy (non-hydrogen) atoms. The summed E-state index contributed by atoms with van der Waals surface area (Å²) in [6, 6.07) is 12.1. The number of anilines is 1. The molecule has 7 heteroatoms. The molecule has 2 aromatic rings. The Labute approximate surface area is 156 Å². The van der Waals surface area contributed by atoms with E-state index in [1.807, 2.05) is 26.0 Å². The third-order valence-electron chi connectivity index (χ3n) is 3.89. The molecule has 0 unspecified atom stereocenters. The van der Waals surface area contributed by atoms with E-state index in [-0.39, 0.29) is 18.1 Å². The Morgan fingerprint density at radius 3 is 2.70 bits per heavy atom. The van der Waals surface area contributed by atoms with Crippen LogP contribution in [0.4, 0.5) is 5.69 Å². The Morgan fingerprint density at radius 2 is 1.93 bits per heavy atom. The molecule has 0 spiro atoms. The fourth-order valence-corrected chi connectivity index (χ4v) is 2.85. The number of rotatable bonds is 7. The number of fused-ring (bicyclic) bond motifs is 1. The topological polar surface area (TPSA) is 94.1 Å². The van der Waals surface area contributed by atoms with E-state index in [9.17, 15) is 9.59 Å². The first-order valence-corrected chi connectivity index (χ1v) is 8.51. The quantitative estimate of drug-likeness (QED) is 0.777. The second kappa shape index (κ2) is 7.57. The Morgan fingerprint density at radius 1 is 1.15 bits per heavy atom. The van der Waals surface area contributed by atoms with Crippen LogP contribution in [0.15, 0.2) is 42.5 Å². The van der Waals surface area contributed by atoms with Crippen molar-refractivity contribution in [2.45, 2.75) is 25.9 Å². The van der Waals surface area contributed by atoms with Crippen molar-refractivity contribution in [1.29, 1.82) is 0 Å². The molecule has 7 nitrogen and oxygen atoms in total. The van der Waals surface area contributed by atoms with E-state index >= 15 is 0 Å². The van der Waals surface area contributed by atoms with E-state index in [0.717, 1.165) is 12.0 Å². The monoisotopic (exact) mass is 371 g/mol. The number of amides is 1. The lowest BCUT2D eigenvalue weighted by atomic mass is 10.0. The largest absolute Gasteiger partial charge is 0.483 e. The van der Waals surface area contributed by atoms with Crippen LogP contribution < -0.4 is 19.5 Å². The zero-order chi connectivity index (χ0) is 19.4. The standard InChI is InChI=1S/C20H21NO6/c1-20(2)10-13-5-3-8-16(19(13)27-20)26-11-17(22)21-14-6-4-7-15(9-14)25-12-18(23)24/h3-9H,10-12H2,1-2H3,(H,21,22)(H,23,24). The van der Waals surface area contributed by atoms with Crippen molar-refractivity contribution in [3.05, 3.63) is 48.0 Å². The number of hydrogen-bond acceptors (Lipinski definition) is 5. The highest BCUT2D eigenvalue weighted by molar-refractivity contribution is 5.92. The van der Waals surface area contributed by atoms with Gasteiger partial charge in [0.1, 0.15) is 11.4 Å². The summed E-state index contributed by atoms with van der Waals surface area (Å²) >= 11 is 0. The van der Waals surface area contributed by atoms with Crippen molar-refractivity contribution in [2.24, 2.45) is 0 Å². The van der Waals surface area contributed by atoms with Crippen LogP contribution in [-0.2, 0) is 16.0 Å². The number of hydrogen-bond donors (Lipinski definition) is 2. The average molecular weight is 371 g/mol. The first-order valence-electron chi connectivity index (χ1n) is 8.51. The Hall–Kier alpha value is -3.22. The summed E-state index contributed by atoms with van der Waals surface area (Å²) in [7, 11) is 0. The number of carboxylic acid groups (broad SMARTS) is 1. The zero-order valence-corrected chi connectivity index (χ0v) is 15.2. The molecule has 2 N–H and O–H groups in total. The number of benzene rings is 2. The van der Waals surface area contributed by atoms with Crippen molar-refractivity contribution in [1.82, 2.24) is 0 Å². The van der Waals surface area contributed by atoms with E-state index < -0.39 is 12.6 Å². The fourth-order valence-electron chi connectivity index (χ4n) is 2.85. The number of carboxylic acids is 1. The van der Waals surface area contributed by atoms with Gasteiger partial charge in [0.2, 0.25) is 0 Å². The highest BCUT2D eigenvalue weighted by atomic mass is 16.5. The molecule has 0 atom stereocenters. The first kappa shape index (κ1) is 18.6. The molecule has 0 bridgehead atoms. The number of ether oxygens (including phenoxy) is 3. The predicted molar refractivity (Wildman–Crippen MR) is 98.6 cm³/mol. The number of carbonyl (C=O) groups is 2. The summed E-state index contributed by atoms with van der Waals surface area (Å²) in [5, 5.41) is 11.3. The minimum atomic E-state index is -1.07. The van der Waals surface area contributed by atoms with Crippen LogP contribution in [0.1, 0.15) is 19.4 Å². The molecule has 2 aromatic carbocycles. The Balaban J connectivity index is 1.58. The number of para-hydroxylation sites is 1. The van der Waals surface area contributed by atoms with Gasteiger partial charge in [-0.25, -0.2) is 4.79 Å². The van der Waals surface area contributed by atoms with Crippen LogP contribution in [0, 0.1) is 0 Å². The zero-order valence-electron chi connectivity index (χ0n) is 15.2. The molecule has 1 aliphatic heterocycles. The van der Waals surface area contributed by atoms with Crippen molar-refractivity contribution < 1.29 is 28.9 Å². The summed E-state index contributed by atoms with van der Waals surface area (Å²) in [6.45, 7) is 3.38. The van der Waals surface area contributed by atoms with E-state index in [0.29, 0.717) is 22.9 Å². The van der Waals surface area contributed by atoms with E-state index in [2.05, 4.69) is 5.32 Å². The second-order valence-corrected chi connectivity index (χ2v) is 6.83. The van der Waals surface area contributed by atoms with Crippen LogP contribution in [0.25, 0.3) is 0 Å². The van der Waals surface area contributed by atoms with Gasteiger partial charge in [0, 0.05) is 23.7 Å². The van der Waals surface area contributed by atoms with Gasteiger partial charge in [-0.1, -0.05) is 18.2 Å². The highest BCUT2D eigenvalue weighted by Gasteiger charge is 2.32. The normalized spacial score (nSPS) is 14.0. The molecule has 0 aliphatic carbocycles. The molecule has 0 saturated carbocycles. The van der Waals surface area contributed by atoms with E-state index in [1.165, 1.54) is 0 Å². The number of carbonyl (C=O) groups excluding carboxylic acids is 1. The van der Waals surface area contributed by atoms with Gasteiger partial charge in [0.25, 0.3) is 5.91 Å². The summed E-state index contributed by atoms with van der Waals surface area (Å²) < 4.78 is 16.6. The molecular formula is C20H21NO6. The molecule has 0 aromatic heterocycles. The molecule has 1 aliphatic rings. The molecule has 142 valence electrons. The lowest BCUT2D eigenvalue weighted by Crippen LogP contribution is -2.25. The van der Waals surface area contributed by atoms with Crippen LogP contribution in [0.3, 0.4) is 0 Å². The molecule has 0 fully saturated rings. The number of aliphatic carboxylic acids is 1. The minimum absolute atomic E-state index is 0.180. The third kappa shape index (κ3) is 4.91. The maximum Gasteiger partial charge on any atom is 0.341 e. The lowest BCUT2D eigenvalue weighted by molar-refractivity contribution is -0.139. The number of nitrogens with one attached hydrogen (secondary N) is 1. The summed E-state index contributed by atoms with van der Waals surface area (Å²) in [4.78, 5) is 22.7. The molecule has 1 heterocycles. The summed E-state index contributed by atoms with van der Waals surface area (Å²) in [5.74, 6) is 0.151. The molecule has 0 radical (unpaired) electrons. The van der Waals surface area contributed by atoms with Crippen LogP contribution in [0.2, 0.25) is 0 Å².